The van der Waals surface area contributed by atoms with Gasteiger partial charge in [0.2, 0.25) is 0 Å². The van der Waals surface area contributed by atoms with Crippen molar-refractivity contribution in [3.05, 3.63) is 64.2 Å². The summed E-state index contributed by atoms with van der Waals surface area (Å²) < 4.78 is 93.7. The van der Waals surface area contributed by atoms with Crippen molar-refractivity contribution in [2.75, 3.05) is 26.3 Å². The van der Waals surface area contributed by atoms with E-state index in [1.165, 1.54) is 0 Å². The largest absolute Gasteiger partial charge is 0.490 e. The van der Waals surface area contributed by atoms with Crippen molar-refractivity contribution >= 4 is 5.97 Å². The van der Waals surface area contributed by atoms with Crippen molar-refractivity contribution in [2.24, 2.45) is 29.6 Å². The molecule has 4 aliphatic rings. The lowest BCUT2D eigenvalue weighted by Gasteiger charge is -2.50. The van der Waals surface area contributed by atoms with Crippen molar-refractivity contribution in [3.63, 3.8) is 0 Å². The molecule has 2 saturated heterocycles. The molecule has 6 rings (SSSR count). The molecule has 43 heavy (non-hydrogen) atoms. The Morgan fingerprint density at radius 1 is 0.977 bits per heavy atom. The van der Waals surface area contributed by atoms with E-state index in [1.807, 2.05) is 23.1 Å². The van der Waals surface area contributed by atoms with Gasteiger partial charge in [-0.15, -0.1) is 0 Å². The third-order valence-electron chi connectivity index (χ3n) is 9.81. The number of piperidine rings is 1. The minimum Gasteiger partial charge on any atom is -0.490 e. The molecule has 2 aromatic carbocycles. The molecule has 1 N–H and O–H groups in total. The van der Waals surface area contributed by atoms with Crippen LogP contribution in [0.4, 0.5) is 26.3 Å². The van der Waals surface area contributed by atoms with Gasteiger partial charge < -0.3 is 14.6 Å². The van der Waals surface area contributed by atoms with Gasteiger partial charge >= 0.3 is 18.3 Å². The van der Waals surface area contributed by atoms with Crippen molar-refractivity contribution in [1.29, 1.82) is 0 Å². The minimum atomic E-state index is -4.76. The number of benzene rings is 2. The topological polar surface area (TPSA) is 59.0 Å². The Bertz CT molecular complexity index is 1340. The van der Waals surface area contributed by atoms with E-state index in [0.717, 1.165) is 42.6 Å². The van der Waals surface area contributed by atoms with Gasteiger partial charge in [-0.2, -0.15) is 26.3 Å². The number of hydrogen-bond acceptors (Lipinski definition) is 4. The highest BCUT2D eigenvalue weighted by molar-refractivity contribution is 5.71. The summed E-state index contributed by atoms with van der Waals surface area (Å²) in [7, 11) is 0. The molecule has 11 heteroatoms. The monoisotopic (exact) mass is 611 g/mol. The molecule has 0 radical (unpaired) electrons. The first-order valence-electron chi connectivity index (χ1n) is 14.9. The van der Waals surface area contributed by atoms with Gasteiger partial charge in [0.05, 0.1) is 30.3 Å². The molecule has 2 unspecified atom stereocenters. The Hall–Kier alpha value is -2.79. The third-order valence-corrected chi connectivity index (χ3v) is 9.81. The van der Waals surface area contributed by atoms with E-state index in [-0.39, 0.29) is 41.9 Å². The van der Waals surface area contributed by atoms with E-state index in [4.69, 9.17) is 9.47 Å². The van der Waals surface area contributed by atoms with E-state index in [1.54, 1.807) is 6.92 Å². The number of carbonyl (C=O) groups is 1. The number of halogens is 6. The van der Waals surface area contributed by atoms with Crippen molar-refractivity contribution in [3.8, 4) is 5.75 Å². The van der Waals surface area contributed by atoms with Crippen molar-refractivity contribution < 1.29 is 45.7 Å². The zero-order valence-electron chi connectivity index (χ0n) is 23.8. The fraction of sp³-hybridized carbons (Fsp3) is 0.594. The van der Waals surface area contributed by atoms with Crippen LogP contribution in [0, 0.1) is 29.6 Å². The van der Waals surface area contributed by atoms with E-state index in [0.29, 0.717) is 50.4 Å². The molecule has 2 bridgehead atoms. The second kappa shape index (κ2) is 11.3. The number of likely N-dealkylation sites (tertiary alicyclic amines) is 1. The van der Waals surface area contributed by atoms with Crippen LogP contribution in [0.2, 0.25) is 0 Å². The number of hydrogen-bond donors (Lipinski definition) is 1. The summed E-state index contributed by atoms with van der Waals surface area (Å²) in [6.45, 7) is 3.10. The van der Waals surface area contributed by atoms with Crippen LogP contribution in [0.15, 0.2) is 36.4 Å². The Balaban J connectivity index is 1.20. The van der Waals surface area contributed by atoms with Crippen LogP contribution >= 0.6 is 0 Å². The second-order valence-corrected chi connectivity index (χ2v) is 12.7. The quantitative estimate of drug-likeness (QED) is 0.341. The molecule has 6 atom stereocenters. The van der Waals surface area contributed by atoms with Gasteiger partial charge in [0.1, 0.15) is 11.9 Å². The Morgan fingerprint density at radius 3 is 2.28 bits per heavy atom. The molecule has 3 fully saturated rings. The molecule has 3 aliphatic heterocycles. The fourth-order valence-electron chi connectivity index (χ4n) is 7.68. The number of aliphatic carboxylic acids is 1. The van der Waals surface area contributed by atoms with Crippen LogP contribution in [0.1, 0.15) is 59.9 Å². The number of alkyl halides is 6. The van der Waals surface area contributed by atoms with Gasteiger partial charge in [0.15, 0.2) is 0 Å². The highest BCUT2D eigenvalue weighted by Gasteiger charge is 2.47. The lowest BCUT2D eigenvalue weighted by Crippen LogP contribution is -2.57. The maximum Gasteiger partial charge on any atom is 0.416 e. The van der Waals surface area contributed by atoms with Crippen LogP contribution in [0.3, 0.4) is 0 Å². The number of carboxylic acids is 1. The Labute approximate surface area is 246 Å². The summed E-state index contributed by atoms with van der Waals surface area (Å²) in [5.41, 5.74) is -0.480. The average molecular weight is 612 g/mol. The summed E-state index contributed by atoms with van der Waals surface area (Å²) in [5.74, 6) is -0.317. The smallest absolute Gasteiger partial charge is 0.416 e. The number of carboxylic acid groups (broad SMARTS) is 1. The second-order valence-electron chi connectivity index (χ2n) is 12.7. The molecule has 3 heterocycles. The molecular weight excluding hydrogens is 576 g/mol. The normalized spacial score (nSPS) is 27.6. The number of rotatable bonds is 7. The summed E-state index contributed by atoms with van der Waals surface area (Å²) >= 11 is 0. The van der Waals surface area contributed by atoms with Crippen LogP contribution in [-0.2, 0) is 34.8 Å². The molecule has 1 aliphatic carbocycles. The van der Waals surface area contributed by atoms with E-state index in [9.17, 15) is 36.2 Å². The summed E-state index contributed by atoms with van der Waals surface area (Å²) in [4.78, 5) is 13.6. The first-order valence-corrected chi connectivity index (χ1v) is 14.9. The summed E-state index contributed by atoms with van der Waals surface area (Å²) in [5, 5.41) is 9.70. The lowest BCUT2D eigenvalue weighted by molar-refractivity contribution is -0.142. The molecule has 2 aromatic rings. The van der Waals surface area contributed by atoms with Gasteiger partial charge in [0, 0.05) is 37.4 Å². The van der Waals surface area contributed by atoms with Crippen LogP contribution in [-0.4, -0.2) is 48.4 Å². The van der Waals surface area contributed by atoms with E-state index in [2.05, 4.69) is 0 Å². The van der Waals surface area contributed by atoms with Gasteiger partial charge in [0.25, 0.3) is 0 Å². The van der Waals surface area contributed by atoms with Crippen LogP contribution in [0.5, 0.6) is 5.75 Å². The van der Waals surface area contributed by atoms with Gasteiger partial charge in [-0.25, -0.2) is 0 Å². The van der Waals surface area contributed by atoms with E-state index >= 15 is 0 Å². The van der Waals surface area contributed by atoms with Gasteiger partial charge in [-0.3, -0.25) is 9.69 Å². The van der Waals surface area contributed by atoms with Gasteiger partial charge in [-0.1, -0.05) is 19.1 Å². The number of fused-ring (bicyclic) bond motifs is 3. The fourth-order valence-corrected chi connectivity index (χ4v) is 7.68. The highest BCUT2D eigenvalue weighted by Crippen LogP contribution is 2.49. The molecule has 234 valence electrons. The zero-order valence-corrected chi connectivity index (χ0v) is 23.8. The minimum absolute atomic E-state index is 0.0476. The maximum absolute atomic E-state index is 13.7. The average Bonchev–Trinajstić information content (AvgIpc) is 3.76. The highest BCUT2D eigenvalue weighted by atomic mass is 19.4. The summed E-state index contributed by atoms with van der Waals surface area (Å²) in [6, 6.07) is 7.69. The first-order chi connectivity index (χ1) is 20.3. The molecule has 0 aromatic heterocycles. The first kappa shape index (κ1) is 30.2. The van der Waals surface area contributed by atoms with Crippen LogP contribution < -0.4 is 4.74 Å². The summed E-state index contributed by atoms with van der Waals surface area (Å²) in [6.07, 6.45) is -6.06. The van der Waals surface area contributed by atoms with Crippen LogP contribution in [0.25, 0.3) is 0 Å². The van der Waals surface area contributed by atoms with Crippen molar-refractivity contribution in [1.82, 2.24) is 4.90 Å². The molecule has 1 saturated carbocycles. The van der Waals surface area contributed by atoms with E-state index < -0.39 is 35.4 Å². The third kappa shape index (κ3) is 6.25. The maximum atomic E-state index is 13.7. The SMILES string of the molecule is C[C@H](C(=O)O)[C@H](c1ccc2c(c1)OC(C1[C@@H]3COC[C@H]1CN(Cc1cc(C(F)(F)F)ccc1C(F)(F)F)C3)CC2)C1CC1. The molecule has 0 amide bonds. The Kier molecular flexibility index (Phi) is 7.94. The number of nitrogens with zero attached hydrogens (tertiary/aromatic N) is 1. The number of aryl methyl sites for hydroxylation is 1. The van der Waals surface area contributed by atoms with Crippen molar-refractivity contribution in [2.45, 2.75) is 63.5 Å². The van der Waals surface area contributed by atoms with Gasteiger partial charge in [-0.05, 0) is 78.5 Å². The lowest BCUT2D eigenvalue weighted by atomic mass is 9.71. The molecule has 5 nitrogen and oxygen atoms in total. The predicted molar refractivity (Wildman–Crippen MR) is 144 cm³/mol. The standard InChI is InChI=1S/C32H35F6NO4/c1-17(30(40)41)28(19-3-4-19)20-5-2-18-6-9-26(43-27(18)11-20)29-22-13-39(14-23(29)16-42-15-22)12-21-10-24(31(33,34)35)7-8-25(21)32(36,37)38/h2,5,7-8,10-11,17,19,22-23,26,28-29H,3-4,6,9,12-16H2,1H3,(H,40,41)/t17-,22-,23+,26?,28-,29?/m0/s1. The number of ether oxygens (including phenoxy) is 2. The molecular formula is C32H35F6NO4. The molecule has 0 spiro atoms. The Morgan fingerprint density at radius 2 is 1.67 bits per heavy atom. The predicted octanol–water partition coefficient (Wildman–Crippen LogP) is 7.03. The zero-order chi connectivity index (χ0) is 30.7.